The predicted octanol–water partition coefficient (Wildman–Crippen LogP) is 1.21. The van der Waals surface area contributed by atoms with Gasteiger partial charge in [0.1, 0.15) is 0 Å². The number of nitrogens with one attached hydrogen (secondary N) is 1. The van der Waals surface area contributed by atoms with Crippen LogP contribution in [0.1, 0.15) is 20.8 Å². The highest BCUT2D eigenvalue weighted by molar-refractivity contribution is 5.85. The van der Waals surface area contributed by atoms with Gasteiger partial charge in [0.2, 0.25) is 0 Å². The van der Waals surface area contributed by atoms with Gasteiger partial charge in [0, 0.05) is 12.6 Å². The second-order valence-corrected chi connectivity index (χ2v) is 2.41. The van der Waals surface area contributed by atoms with E-state index in [4.69, 9.17) is 5.11 Å². The van der Waals surface area contributed by atoms with Crippen LogP contribution < -0.4 is 5.32 Å². The molecule has 0 bridgehead atoms. The van der Waals surface area contributed by atoms with Crippen LogP contribution in [0, 0.1) is 0 Å². The Kier molecular flexibility index (Phi) is 16.0. The van der Waals surface area contributed by atoms with E-state index in [0.29, 0.717) is 12.6 Å². The van der Waals surface area contributed by atoms with Gasteiger partial charge in [0.15, 0.2) is 0 Å². The van der Waals surface area contributed by atoms with E-state index in [2.05, 4.69) is 19.2 Å². The molecule has 1 atom stereocenters. The molecule has 1 unspecified atom stereocenters. The van der Waals surface area contributed by atoms with Crippen molar-refractivity contribution in [2.75, 3.05) is 6.54 Å². The molecule has 0 spiro atoms. The lowest BCUT2D eigenvalue weighted by Gasteiger charge is -2.08. The molecule has 0 aliphatic rings. The SMILES string of the molecule is CC(O)CNC(C)C.Cl.Cl. The monoisotopic (exact) mass is 189 g/mol. The maximum absolute atomic E-state index is 8.74. The Labute approximate surface area is 75.2 Å². The standard InChI is InChI=1S/C6H15NO.2ClH/c1-5(2)7-4-6(3)8;;/h5-8H,4H2,1-3H3;2*1H. The molecule has 0 fully saturated rings. The first-order valence-electron chi connectivity index (χ1n) is 3.04. The molecule has 0 aromatic carbocycles. The molecule has 2 nitrogen and oxygen atoms in total. The summed E-state index contributed by atoms with van der Waals surface area (Å²) in [5.41, 5.74) is 0. The van der Waals surface area contributed by atoms with Crippen LogP contribution in [0.2, 0.25) is 0 Å². The predicted molar refractivity (Wildman–Crippen MR) is 49.3 cm³/mol. The van der Waals surface area contributed by atoms with Crippen molar-refractivity contribution in [1.82, 2.24) is 5.32 Å². The highest BCUT2D eigenvalue weighted by atomic mass is 35.5. The molecule has 4 heteroatoms. The minimum atomic E-state index is -0.225. The maximum Gasteiger partial charge on any atom is 0.0636 e. The van der Waals surface area contributed by atoms with E-state index in [1.807, 2.05) is 0 Å². The topological polar surface area (TPSA) is 32.3 Å². The summed E-state index contributed by atoms with van der Waals surface area (Å²) in [6.45, 7) is 6.58. The van der Waals surface area contributed by atoms with Gasteiger partial charge in [0.05, 0.1) is 6.10 Å². The van der Waals surface area contributed by atoms with Gasteiger partial charge < -0.3 is 10.4 Å². The number of hydrogen-bond acceptors (Lipinski definition) is 2. The number of hydrogen-bond donors (Lipinski definition) is 2. The zero-order chi connectivity index (χ0) is 6.57. The molecule has 0 aliphatic carbocycles. The highest BCUT2D eigenvalue weighted by Crippen LogP contribution is 1.78. The van der Waals surface area contributed by atoms with Crippen LogP contribution in [0.4, 0.5) is 0 Å². The Morgan fingerprint density at radius 3 is 1.70 bits per heavy atom. The summed E-state index contributed by atoms with van der Waals surface area (Å²) < 4.78 is 0. The number of rotatable bonds is 3. The average Bonchev–Trinajstić information content (AvgIpc) is 1.61. The Morgan fingerprint density at radius 2 is 1.60 bits per heavy atom. The molecule has 0 aromatic heterocycles. The Bertz CT molecular complexity index is 51.7. The van der Waals surface area contributed by atoms with Crippen molar-refractivity contribution in [2.45, 2.75) is 32.9 Å². The van der Waals surface area contributed by atoms with Crippen molar-refractivity contribution in [2.24, 2.45) is 0 Å². The van der Waals surface area contributed by atoms with Gasteiger partial charge >= 0.3 is 0 Å². The summed E-state index contributed by atoms with van der Waals surface area (Å²) >= 11 is 0. The fourth-order valence-electron chi connectivity index (χ4n) is 0.406. The smallest absolute Gasteiger partial charge is 0.0636 e. The summed E-state index contributed by atoms with van der Waals surface area (Å²) in [6, 6.07) is 0.476. The summed E-state index contributed by atoms with van der Waals surface area (Å²) in [6.07, 6.45) is -0.225. The molecule has 0 aliphatic heterocycles. The van der Waals surface area contributed by atoms with Crippen LogP contribution in [0.15, 0.2) is 0 Å². The lowest BCUT2D eigenvalue weighted by molar-refractivity contribution is 0.188. The molecule has 0 saturated carbocycles. The van der Waals surface area contributed by atoms with E-state index in [-0.39, 0.29) is 30.9 Å². The van der Waals surface area contributed by atoms with Crippen molar-refractivity contribution in [3.8, 4) is 0 Å². The van der Waals surface area contributed by atoms with Crippen molar-refractivity contribution >= 4 is 24.8 Å². The van der Waals surface area contributed by atoms with E-state index in [9.17, 15) is 0 Å². The fraction of sp³-hybridized carbons (Fsp3) is 1.00. The number of aliphatic hydroxyl groups excluding tert-OH is 1. The molecule has 10 heavy (non-hydrogen) atoms. The minimum Gasteiger partial charge on any atom is -0.392 e. The lowest BCUT2D eigenvalue weighted by Crippen LogP contribution is -2.30. The van der Waals surface area contributed by atoms with Crippen LogP contribution in [-0.4, -0.2) is 23.8 Å². The van der Waals surface area contributed by atoms with Crippen molar-refractivity contribution in [3.05, 3.63) is 0 Å². The first-order chi connectivity index (χ1) is 3.63. The molecular weight excluding hydrogens is 173 g/mol. The second kappa shape index (κ2) is 9.50. The second-order valence-electron chi connectivity index (χ2n) is 2.41. The van der Waals surface area contributed by atoms with Crippen LogP contribution in [0.3, 0.4) is 0 Å². The van der Waals surface area contributed by atoms with Crippen molar-refractivity contribution < 1.29 is 5.11 Å². The first kappa shape index (κ1) is 16.8. The van der Waals surface area contributed by atoms with Crippen LogP contribution in [-0.2, 0) is 0 Å². The first-order valence-corrected chi connectivity index (χ1v) is 3.04. The van der Waals surface area contributed by atoms with E-state index in [0.717, 1.165) is 0 Å². The highest BCUT2D eigenvalue weighted by Gasteiger charge is 1.94. The van der Waals surface area contributed by atoms with Gasteiger partial charge in [-0.3, -0.25) is 0 Å². The third kappa shape index (κ3) is 15.8. The molecule has 66 valence electrons. The number of aliphatic hydroxyl groups is 1. The van der Waals surface area contributed by atoms with Gasteiger partial charge in [-0.1, -0.05) is 13.8 Å². The molecular formula is C6H17Cl2NO. The summed E-state index contributed by atoms with van der Waals surface area (Å²) in [5.74, 6) is 0. The maximum atomic E-state index is 8.74. The quantitative estimate of drug-likeness (QED) is 0.701. The lowest BCUT2D eigenvalue weighted by atomic mass is 10.3. The van der Waals surface area contributed by atoms with Gasteiger partial charge in [-0.15, -0.1) is 24.8 Å². The summed E-state index contributed by atoms with van der Waals surface area (Å²) in [4.78, 5) is 0. The fourth-order valence-corrected chi connectivity index (χ4v) is 0.406. The van der Waals surface area contributed by atoms with Gasteiger partial charge in [0.25, 0.3) is 0 Å². The zero-order valence-electron chi connectivity index (χ0n) is 6.63. The Balaban J connectivity index is -0.000000245. The molecule has 0 amide bonds. The van der Waals surface area contributed by atoms with Crippen molar-refractivity contribution in [3.63, 3.8) is 0 Å². The molecule has 0 heterocycles. The normalized spacial score (nSPS) is 11.7. The van der Waals surface area contributed by atoms with Crippen LogP contribution >= 0.6 is 24.8 Å². The van der Waals surface area contributed by atoms with E-state index in [1.54, 1.807) is 6.92 Å². The third-order valence-electron chi connectivity index (χ3n) is 0.822. The van der Waals surface area contributed by atoms with Crippen LogP contribution in [0.25, 0.3) is 0 Å². The largest absolute Gasteiger partial charge is 0.392 e. The summed E-state index contributed by atoms with van der Waals surface area (Å²) in [7, 11) is 0. The molecule has 2 N–H and O–H groups in total. The van der Waals surface area contributed by atoms with E-state index >= 15 is 0 Å². The molecule has 0 rings (SSSR count). The van der Waals surface area contributed by atoms with Gasteiger partial charge in [-0.2, -0.15) is 0 Å². The van der Waals surface area contributed by atoms with Crippen molar-refractivity contribution in [1.29, 1.82) is 0 Å². The van der Waals surface area contributed by atoms with Gasteiger partial charge in [-0.05, 0) is 6.92 Å². The Hall–Kier alpha value is 0.500. The van der Waals surface area contributed by atoms with E-state index < -0.39 is 0 Å². The third-order valence-corrected chi connectivity index (χ3v) is 0.822. The van der Waals surface area contributed by atoms with Crippen LogP contribution in [0.5, 0.6) is 0 Å². The minimum absolute atomic E-state index is 0. The molecule has 0 saturated heterocycles. The summed E-state index contributed by atoms with van der Waals surface area (Å²) in [5, 5.41) is 11.8. The zero-order valence-corrected chi connectivity index (χ0v) is 8.26. The molecule has 0 aromatic rings. The average molecular weight is 190 g/mol. The molecule has 0 radical (unpaired) electrons. The van der Waals surface area contributed by atoms with Gasteiger partial charge in [-0.25, -0.2) is 0 Å². The Morgan fingerprint density at radius 1 is 1.20 bits per heavy atom. The number of halogens is 2. The van der Waals surface area contributed by atoms with E-state index in [1.165, 1.54) is 0 Å².